The fraction of sp³-hybridized carbons (Fsp3) is 0.400. The number of hydrogen-bond donors (Lipinski definition) is 2. The Morgan fingerprint density at radius 1 is 1.39 bits per heavy atom. The number of nitrogens with one attached hydrogen (secondary N) is 2. The largest absolute Gasteiger partial charge is 0.491 e. The Bertz CT molecular complexity index is 675. The molecule has 0 unspecified atom stereocenters. The molecule has 8 heteroatoms. The molecule has 0 fully saturated rings. The first-order chi connectivity index (χ1) is 11.0. The highest BCUT2D eigenvalue weighted by Gasteiger charge is 2.12. The van der Waals surface area contributed by atoms with E-state index in [1.54, 1.807) is 0 Å². The van der Waals surface area contributed by atoms with Gasteiger partial charge in [-0.25, -0.2) is 14.2 Å². The Balaban J connectivity index is 2.04. The first-order valence-electron chi connectivity index (χ1n) is 7.31. The summed E-state index contributed by atoms with van der Waals surface area (Å²) in [6.07, 6.45) is 0.699. The van der Waals surface area contributed by atoms with Crippen LogP contribution in [0.25, 0.3) is 0 Å². The number of urea groups is 1. The van der Waals surface area contributed by atoms with Crippen LogP contribution in [0.4, 0.5) is 20.0 Å². The topological polar surface area (TPSA) is 76.1 Å². The number of carbonyl (C=O) groups excluding carboxylic acids is 1. The Morgan fingerprint density at radius 2 is 2.17 bits per heavy atom. The van der Waals surface area contributed by atoms with Gasteiger partial charge in [0.1, 0.15) is 17.4 Å². The molecule has 0 bridgehead atoms. The van der Waals surface area contributed by atoms with Crippen molar-refractivity contribution in [3.05, 3.63) is 29.8 Å². The molecule has 0 saturated carbocycles. The second kappa shape index (κ2) is 7.87. The molecule has 0 spiro atoms. The van der Waals surface area contributed by atoms with E-state index in [1.807, 2.05) is 20.8 Å². The van der Waals surface area contributed by atoms with Crippen molar-refractivity contribution in [2.24, 2.45) is 5.92 Å². The van der Waals surface area contributed by atoms with Gasteiger partial charge in [-0.15, -0.1) is 0 Å². The maximum atomic E-state index is 13.4. The van der Waals surface area contributed by atoms with Crippen molar-refractivity contribution < 1.29 is 13.9 Å². The van der Waals surface area contributed by atoms with Crippen LogP contribution in [0, 0.1) is 11.7 Å². The molecule has 1 aromatic heterocycles. The predicted molar refractivity (Wildman–Crippen MR) is 88.7 cm³/mol. The third-order valence-corrected chi connectivity index (χ3v) is 3.44. The van der Waals surface area contributed by atoms with E-state index < -0.39 is 11.8 Å². The molecule has 124 valence electrons. The van der Waals surface area contributed by atoms with Crippen LogP contribution in [-0.4, -0.2) is 22.0 Å². The normalized spacial score (nSPS) is 10.7. The van der Waals surface area contributed by atoms with Gasteiger partial charge in [0.05, 0.1) is 12.3 Å². The van der Waals surface area contributed by atoms with Crippen molar-refractivity contribution in [2.45, 2.75) is 27.2 Å². The number of aromatic nitrogens is 2. The number of benzene rings is 1. The number of ether oxygens (including phenoxy) is 1. The molecule has 0 saturated heterocycles. The van der Waals surface area contributed by atoms with Crippen LogP contribution in [-0.2, 0) is 6.42 Å². The van der Waals surface area contributed by atoms with E-state index >= 15 is 0 Å². The van der Waals surface area contributed by atoms with Crippen LogP contribution in [0.2, 0.25) is 0 Å². The SMILES string of the molecule is CCc1nsc(NC(=O)Nc2ccc(F)cc2OCC(C)C)n1. The minimum Gasteiger partial charge on any atom is -0.491 e. The lowest BCUT2D eigenvalue weighted by atomic mass is 10.2. The molecule has 23 heavy (non-hydrogen) atoms. The number of amides is 2. The Morgan fingerprint density at radius 3 is 2.83 bits per heavy atom. The lowest BCUT2D eigenvalue weighted by molar-refractivity contribution is 0.260. The fourth-order valence-corrected chi connectivity index (χ4v) is 2.32. The molecule has 2 rings (SSSR count). The van der Waals surface area contributed by atoms with Gasteiger partial charge >= 0.3 is 6.03 Å². The van der Waals surface area contributed by atoms with Crippen molar-refractivity contribution in [3.8, 4) is 5.75 Å². The van der Waals surface area contributed by atoms with Crippen LogP contribution in [0.3, 0.4) is 0 Å². The van der Waals surface area contributed by atoms with Crippen molar-refractivity contribution in [2.75, 3.05) is 17.2 Å². The van der Waals surface area contributed by atoms with Gasteiger partial charge in [-0.2, -0.15) is 4.37 Å². The quantitative estimate of drug-likeness (QED) is 0.837. The zero-order valence-electron chi connectivity index (χ0n) is 13.2. The van der Waals surface area contributed by atoms with Crippen molar-refractivity contribution in [1.82, 2.24) is 9.36 Å². The zero-order chi connectivity index (χ0) is 16.8. The van der Waals surface area contributed by atoms with Gasteiger partial charge in [0, 0.05) is 24.0 Å². The van der Waals surface area contributed by atoms with E-state index in [4.69, 9.17) is 4.74 Å². The molecule has 0 radical (unpaired) electrons. The molecular formula is C15H19FN4O2S. The maximum Gasteiger partial charge on any atom is 0.325 e. The lowest BCUT2D eigenvalue weighted by Gasteiger charge is -2.14. The summed E-state index contributed by atoms with van der Waals surface area (Å²) in [4.78, 5) is 16.2. The number of hydrogen-bond acceptors (Lipinski definition) is 5. The molecule has 0 atom stereocenters. The van der Waals surface area contributed by atoms with Crippen molar-refractivity contribution in [3.63, 3.8) is 0 Å². The lowest BCUT2D eigenvalue weighted by Crippen LogP contribution is -2.20. The zero-order valence-corrected chi connectivity index (χ0v) is 14.0. The summed E-state index contributed by atoms with van der Waals surface area (Å²) >= 11 is 1.11. The van der Waals surface area contributed by atoms with E-state index in [9.17, 15) is 9.18 Å². The fourth-order valence-electron chi connectivity index (χ4n) is 1.67. The van der Waals surface area contributed by atoms with Gasteiger partial charge in [-0.3, -0.25) is 5.32 Å². The van der Waals surface area contributed by atoms with E-state index in [1.165, 1.54) is 18.2 Å². The van der Waals surface area contributed by atoms with Crippen molar-refractivity contribution >= 4 is 28.4 Å². The summed E-state index contributed by atoms with van der Waals surface area (Å²) < 4.78 is 23.0. The molecular weight excluding hydrogens is 319 g/mol. The molecule has 6 nitrogen and oxygen atoms in total. The predicted octanol–water partition coefficient (Wildman–Crippen LogP) is 3.92. The molecule has 1 heterocycles. The van der Waals surface area contributed by atoms with Gasteiger partial charge in [-0.1, -0.05) is 20.8 Å². The average molecular weight is 338 g/mol. The number of aryl methyl sites for hydroxylation is 1. The summed E-state index contributed by atoms with van der Waals surface area (Å²) in [6.45, 7) is 6.33. The summed E-state index contributed by atoms with van der Waals surface area (Å²) in [5.74, 6) is 0.827. The number of nitrogens with zero attached hydrogens (tertiary/aromatic N) is 2. The average Bonchev–Trinajstić information content (AvgIpc) is 2.94. The van der Waals surface area contributed by atoms with E-state index in [0.29, 0.717) is 35.4 Å². The standard InChI is InChI=1S/C15H19FN4O2S/c1-4-13-18-15(23-20-13)19-14(21)17-11-6-5-10(16)7-12(11)22-8-9(2)3/h5-7,9H,4,8H2,1-3H3,(H2,17,18,19,20,21). The second-order valence-corrected chi connectivity index (χ2v) is 6.05. The molecule has 1 aromatic carbocycles. The highest BCUT2D eigenvalue weighted by molar-refractivity contribution is 7.09. The summed E-state index contributed by atoms with van der Waals surface area (Å²) in [6, 6.07) is 3.49. The third kappa shape index (κ3) is 5.17. The van der Waals surface area contributed by atoms with Gasteiger partial charge in [0.2, 0.25) is 5.13 Å². The number of halogens is 1. The molecule has 0 aliphatic carbocycles. The second-order valence-electron chi connectivity index (χ2n) is 5.29. The Kier molecular flexibility index (Phi) is 5.86. The van der Waals surface area contributed by atoms with Crippen LogP contribution < -0.4 is 15.4 Å². The van der Waals surface area contributed by atoms with Gasteiger partial charge in [-0.05, 0) is 18.1 Å². The third-order valence-electron chi connectivity index (χ3n) is 2.77. The first kappa shape index (κ1) is 17.1. The van der Waals surface area contributed by atoms with E-state index in [0.717, 1.165) is 11.5 Å². The highest BCUT2D eigenvalue weighted by Crippen LogP contribution is 2.26. The molecule has 0 aliphatic rings. The van der Waals surface area contributed by atoms with Gasteiger partial charge < -0.3 is 10.1 Å². The minimum atomic E-state index is -0.482. The molecule has 0 aliphatic heterocycles. The van der Waals surface area contributed by atoms with Crippen LogP contribution in [0.1, 0.15) is 26.6 Å². The first-order valence-corrected chi connectivity index (χ1v) is 8.08. The van der Waals surface area contributed by atoms with E-state index in [2.05, 4.69) is 20.0 Å². The Labute approximate surface area is 138 Å². The molecule has 2 amide bonds. The Hall–Kier alpha value is -2.22. The monoisotopic (exact) mass is 338 g/mol. The summed E-state index contributed by atoms with van der Waals surface area (Å²) in [7, 11) is 0. The number of carbonyl (C=O) groups is 1. The van der Waals surface area contributed by atoms with Crippen LogP contribution in [0.15, 0.2) is 18.2 Å². The number of anilines is 2. The van der Waals surface area contributed by atoms with E-state index in [-0.39, 0.29) is 5.92 Å². The van der Waals surface area contributed by atoms with Gasteiger partial charge in [0.15, 0.2) is 0 Å². The van der Waals surface area contributed by atoms with Crippen molar-refractivity contribution in [1.29, 1.82) is 0 Å². The summed E-state index contributed by atoms with van der Waals surface area (Å²) in [5.41, 5.74) is 0.393. The highest BCUT2D eigenvalue weighted by atomic mass is 32.1. The summed E-state index contributed by atoms with van der Waals surface area (Å²) in [5, 5.41) is 5.64. The maximum absolute atomic E-state index is 13.4. The smallest absolute Gasteiger partial charge is 0.325 e. The molecule has 2 aromatic rings. The number of rotatable bonds is 6. The molecule has 2 N–H and O–H groups in total. The van der Waals surface area contributed by atoms with Crippen LogP contribution >= 0.6 is 11.5 Å². The minimum absolute atomic E-state index is 0.286. The van der Waals surface area contributed by atoms with Gasteiger partial charge in [0.25, 0.3) is 0 Å². The van der Waals surface area contributed by atoms with Crippen LogP contribution in [0.5, 0.6) is 5.75 Å².